The van der Waals surface area contributed by atoms with E-state index in [2.05, 4.69) is 40.2 Å². The number of rotatable bonds is 2. The summed E-state index contributed by atoms with van der Waals surface area (Å²) < 4.78 is 0. The lowest BCUT2D eigenvalue weighted by atomic mass is 9.97. The van der Waals surface area contributed by atoms with Crippen LogP contribution in [0.1, 0.15) is 12.8 Å². The lowest BCUT2D eigenvalue weighted by molar-refractivity contribution is 0.413. The Kier molecular flexibility index (Phi) is 3.15. The van der Waals surface area contributed by atoms with Crippen LogP contribution in [0.2, 0.25) is 0 Å². The standard InChI is InChI=1S/C15H19N3/c16-11-12-6-9-18(10-7-12)15-14-4-2-1-3-13(14)5-8-17-15/h1-5,8,12H,6-7,9-11,16H2. The fourth-order valence-corrected chi connectivity index (χ4v) is 2.74. The molecule has 3 heteroatoms. The van der Waals surface area contributed by atoms with Crippen molar-refractivity contribution >= 4 is 16.6 Å². The molecule has 1 saturated heterocycles. The van der Waals surface area contributed by atoms with Crippen molar-refractivity contribution in [1.29, 1.82) is 0 Å². The Morgan fingerprint density at radius 2 is 1.94 bits per heavy atom. The average molecular weight is 241 g/mol. The Morgan fingerprint density at radius 3 is 2.72 bits per heavy atom. The van der Waals surface area contributed by atoms with E-state index >= 15 is 0 Å². The molecule has 3 rings (SSSR count). The van der Waals surface area contributed by atoms with Crippen LogP contribution in [0.25, 0.3) is 10.8 Å². The molecule has 0 radical (unpaired) electrons. The van der Waals surface area contributed by atoms with Crippen molar-refractivity contribution in [2.75, 3.05) is 24.5 Å². The number of benzene rings is 1. The first kappa shape index (κ1) is 11.5. The molecule has 1 aliphatic heterocycles. The van der Waals surface area contributed by atoms with E-state index in [1.54, 1.807) is 0 Å². The van der Waals surface area contributed by atoms with Crippen LogP contribution in [0.5, 0.6) is 0 Å². The topological polar surface area (TPSA) is 42.1 Å². The van der Waals surface area contributed by atoms with Gasteiger partial charge in [0.15, 0.2) is 0 Å². The molecule has 0 unspecified atom stereocenters. The second-order valence-corrected chi connectivity index (χ2v) is 5.02. The predicted molar refractivity (Wildman–Crippen MR) is 75.7 cm³/mol. The van der Waals surface area contributed by atoms with Crippen LogP contribution in [-0.4, -0.2) is 24.6 Å². The van der Waals surface area contributed by atoms with Gasteiger partial charge in [-0.05, 0) is 36.8 Å². The van der Waals surface area contributed by atoms with Gasteiger partial charge < -0.3 is 10.6 Å². The SMILES string of the molecule is NCC1CCN(c2nccc3ccccc23)CC1. The monoisotopic (exact) mass is 241 g/mol. The molecule has 0 aliphatic carbocycles. The molecule has 0 bridgehead atoms. The maximum Gasteiger partial charge on any atom is 0.136 e. The van der Waals surface area contributed by atoms with E-state index in [4.69, 9.17) is 5.73 Å². The van der Waals surface area contributed by atoms with Gasteiger partial charge in [0.1, 0.15) is 5.82 Å². The molecule has 0 saturated carbocycles. The van der Waals surface area contributed by atoms with Crippen LogP contribution in [0.15, 0.2) is 36.5 Å². The number of hydrogen-bond donors (Lipinski definition) is 1. The zero-order chi connectivity index (χ0) is 12.4. The highest BCUT2D eigenvalue weighted by molar-refractivity contribution is 5.92. The fraction of sp³-hybridized carbons (Fsp3) is 0.400. The number of hydrogen-bond acceptors (Lipinski definition) is 3. The first-order valence-electron chi connectivity index (χ1n) is 6.67. The number of piperidine rings is 1. The molecular weight excluding hydrogens is 222 g/mol. The minimum Gasteiger partial charge on any atom is -0.356 e. The van der Waals surface area contributed by atoms with Gasteiger partial charge in [-0.25, -0.2) is 4.98 Å². The molecule has 2 aromatic rings. The number of aromatic nitrogens is 1. The third-order valence-electron chi connectivity index (χ3n) is 3.90. The summed E-state index contributed by atoms with van der Waals surface area (Å²) in [7, 11) is 0. The largest absolute Gasteiger partial charge is 0.356 e. The van der Waals surface area contributed by atoms with Crippen LogP contribution in [0.3, 0.4) is 0 Å². The van der Waals surface area contributed by atoms with Crippen LogP contribution < -0.4 is 10.6 Å². The molecule has 18 heavy (non-hydrogen) atoms. The molecule has 1 aliphatic rings. The molecular formula is C15H19N3. The Hall–Kier alpha value is -1.61. The highest BCUT2D eigenvalue weighted by Crippen LogP contribution is 2.27. The summed E-state index contributed by atoms with van der Waals surface area (Å²) in [5.74, 6) is 1.82. The summed E-state index contributed by atoms with van der Waals surface area (Å²) in [5, 5.41) is 2.52. The van der Waals surface area contributed by atoms with Gasteiger partial charge in [-0.1, -0.05) is 24.3 Å². The summed E-state index contributed by atoms with van der Waals surface area (Å²) in [5.41, 5.74) is 5.74. The van der Waals surface area contributed by atoms with Gasteiger partial charge in [0.2, 0.25) is 0 Å². The summed E-state index contributed by atoms with van der Waals surface area (Å²) in [6.07, 6.45) is 4.27. The van der Waals surface area contributed by atoms with Gasteiger partial charge in [-0.2, -0.15) is 0 Å². The Labute approximate surface area is 108 Å². The van der Waals surface area contributed by atoms with E-state index < -0.39 is 0 Å². The highest BCUT2D eigenvalue weighted by atomic mass is 15.2. The second kappa shape index (κ2) is 4.94. The van der Waals surface area contributed by atoms with Gasteiger partial charge in [-0.3, -0.25) is 0 Å². The molecule has 3 nitrogen and oxygen atoms in total. The van der Waals surface area contributed by atoms with Gasteiger partial charge in [0, 0.05) is 24.7 Å². The highest BCUT2D eigenvalue weighted by Gasteiger charge is 2.20. The number of pyridine rings is 1. The van der Waals surface area contributed by atoms with Crippen LogP contribution >= 0.6 is 0 Å². The van der Waals surface area contributed by atoms with Crippen molar-refractivity contribution < 1.29 is 0 Å². The van der Waals surface area contributed by atoms with Gasteiger partial charge in [0.05, 0.1) is 0 Å². The van der Waals surface area contributed by atoms with Crippen molar-refractivity contribution in [3.8, 4) is 0 Å². The molecule has 0 atom stereocenters. The van der Waals surface area contributed by atoms with E-state index in [1.807, 2.05) is 6.20 Å². The van der Waals surface area contributed by atoms with Crippen molar-refractivity contribution in [2.45, 2.75) is 12.8 Å². The minimum atomic E-state index is 0.691. The van der Waals surface area contributed by atoms with Gasteiger partial charge in [-0.15, -0.1) is 0 Å². The zero-order valence-electron chi connectivity index (χ0n) is 10.5. The third-order valence-corrected chi connectivity index (χ3v) is 3.90. The number of nitrogens with two attached hydrogens (primary N) is 1. The van der Waals surface area contributed by atoms with E-state index in [1.165, 1.54) is 23.6 Å². The predicted octanol–water partition coefficient (Wildman–Crippen LogP) is 2.41. The molecule has 1 aromatic heterocycles. The minimum absolute atomic E-state index is 0.691. The first-order valence-corrected chi connectivity index (χ1v) is 6.67. The molecule has 2 heterocycles. The molecule has 94 valence electrons. The van der Waals surface area contributed by atoms with E-state index in [0.29, 0.717) is 5.92 Å². The zero-order valence-corrected chi connectivity index (χ0v) is 10.5. The molecule has 0 spiro atoms. The Bertz CT molecular complexity index is 525. The fourth-order valence-electron chi connectivity index (χ4n) is 2.74. The molecule has 1 aromatic carbocycles. The Morgan fingerprint density at radius 1 is 1.17 bits per heavy atom. The van der Waals surface area contributed by atoms with Crippen LogP contribution in [0.4, 0.5) is 5.82 Å². The maximum absolute atomic E-state index is 5.74. The van der Waals surface area contributed by atoms with E-state index in [-0.39, 0.29) is 0 Å². The third kappa shape index (κ3) is 2.06. The lowest BCUT2D eigenvalue weighted by Gasteiger charge is -2.32. The lowest BCUT2D eigenvalue weighted by Crippen LogP contribution is -2.36. The quantitative estimate of drug-likeness (QED) is 0.878. The summed E-state index contributed by atoms with van der Waals surface area (Å²) >= 11 is 0. The average Bonchev–Trinajstić information content (AvgIpc) is 2.47. The first-order chi connectivity index (χ1) is 8.88. The maximum atomic E-state index is 5.74. The summed E-state index contributed by atoms with van der Waals surface area (Å²) in [4.78, 5) is 6.97. The van der Waals surface area contributed by atoms with Crippen LogP contribution in [0, 0.1) is 5.92 Å². The molecule has 1 fully saturated rings. The van der Waals surface area contributed by atoms with Crippen molar-refractivity contribution in [2.24, 2.45) is 11.7 Å². The Balaban J connectivity index is 1.91. The number of nitrogens with zero attached hydrogens (tertiary/aromatic N) is 2. The second-order valence-electron chi connectivity index (χ2n) is 5.02. The van der Waals surface area contributed by atoms with Crippen molar-refractivity contribution in [1.82, 2.24) is 4.98 Å². The van der Waals surface area contributed by atoms with Crippen molar-refractivity contribution in [3.05, 3.63) is 36.5 Å². The van der Waals surface area contributed by atoms with Crippen LogP contribution in [-0.2, 0) is 0 Å². The van der Waals surface area contributed by atoms with Gasteiger partial charge >= 0.3 is 0 Å². The summed E-state index contributed by atoms with van der Waals surface area (Å²) in [6, 6.07) is 10.5. The van der Waals surface area contributed by atoms with E-state index in [0.717, 1.165) is 25.5 Å². The molecule has 0 amide bonds. The molecule has 2 N–H and O–H groups in total. The van der Waals surface area contributed by atoms with Crippen molar-refractivity contribution in [3.63, 3.8) is 0 Å². The van der Waals surface area contributed by atoms with Gasteiger partial charge in [0.25, 0.3) is 0 Å². The van der Waals surface area contributed by atoms with E-state index in [9.17, 15) is 0 Å². The number of fused-ring (bicyclic) bond motifs is 1. The smallest absolute Gasteiger partial charge is 0.136 e. The number of anilines is 1. The normalized spacial score (nSPS) is 17.3. The summed E-state index contributed by atoms with van der Waals surface area (Å²) in [6.45, 7) is 2.96.